The number of aryl methyl sites for hydroxylation is 1. The van der Waals surface area contributed by atoms with E-state index in [0.717, 1.165) is 55.3 Å². The molecule has 1 fully saturated rings. The third kappa shape index (κ3) is 2.03. The van der Waals surface area contributed by atoms with E-state index >= 15 is 0 Å². The van der Waals surface area contributed by atoms with Gasteiger partial charge >= 0.3 is 0 Å². The van der Waals surface area contributed by atoms with Crippen LogP contribution in [0.2, 0.25) is 0 Å². The first-order valence-electron chi connectivity index (χ1n) is 7.12. The fourth-order valence-corrected chi connectivity index (χ4v) is 4.25. The van der Waals surface area contributed by atoms with Crippen molar-refractivity contribution >= 4 is 16.3 Å². The van der Waals surface area contributed by atoms with Crippen LogP contribution in [0.1, 0.15) is 29.1 Å². The fraction of sp³-hybridized carbons (Fsp3) is 0.571. The van der Waals surface area contributed by atoms with Gasteiger partial charge in [-0.05, 0) is 37.2 Å². The molecule has 1 aliphatic heterocycles. The third-order valence-corrected chi connectivity index (χ3v) is 5.25. The Balaban J connectivity index is 1.61. The van der Waals surface area contributed by atoms with Gasteiger partial charge < -0.3 is 15.0 Å². The topological polar surface area (TPSA) is 74.2 Å². The monoisotopic (exact) mass is 291 g/mol. The molecular formula is C14H17N3O2S. The van der Waals surface area contributed by atoms with Crippen molar-refractivity contribution in [2.75, 3.05) is 18.9 Å². The zero-order valence-corrected chi connectivity index (χ0v) is 12.0. The zero-order valence-electron chi connectivity index (χ0n) is 11.2. The van der Waals surface area contributed by atoms with E-state index < -0.39 is 0 Å². The van der Waals surface area contributed by atoms with Gasteiger partial charge in [0.25, 0.3) is 5.89 Å². The lowest BCUT2D eigenvalue weighted by molar-refractivity contribution is 0.185. The van der Waals surface area contributed by atoms with E-state index in [1.54, 1.807) is 11.3 Å². The summed E-state index contributed by atoms with van der Waals surface area (Å²) in [6, 6.07) is 0. The minimum atomic E-state index is 0.519. The summed E-state index contributed by atoms with van der Waals surface area (Å²) >= 11 is 1.67. The molecule has 1 atom stereocenters. The molecule has 5 nitrogen and oxygen atoms in total. The van der Waals surface area contributed by atoms with Crippen LogP contribution in [0.5, 0.6) is 0 Å². The molecule has 3 heterocycles. The Morgan fingerprint density at radius 3 is 3.15 bits per heavy atom. The van der Waals surface area contributed by atoms with Crippen LogP contribution >= 0.6 is 11.3 Å². The van der Waals surface area contributed by atoms with Gasteiger partial charge in [0.2, 0.25) is 0 Å². The van der Waals surface area contributed by atoms with Crippen LogP contribution in [0, 0.1) is 5.92 Å². The van der Waals surface area contributed by atoms with Crippen LogP contribution in [0.15, 0.2) is 4.52 Å². The Kier molecular flexibility index (Phi) is 3.00. The smallest absolute Gasteiger partial charge is 0.261 e. The van der Waals surface area contributed by atoms with Crippen LogP contribution in [-0.4, -0.2) is 23.4 Å². The lowest BCUT2D eigenvalue weighted by Crippen LogP contribution is -2.04. The molecule has 0 bridgehead atoms. The predicted octanol–water partition coefficient (Wildman–Crippen LogP) is 2.45. The van der Waals surface area contributed by atoms with Gasteiger partial charge in [0, 0.05) is 24.5 Å². The maximum atomic E-state index is 6.13. The summed E-state index contributed by atoms with van der Waals surface area (Å²) in [5.41, 5.74) is 8.44. The standard InChI is InChI=1S/C14H17N3O2S/c15-13-12(9-2-1-3-10(9)20-13)14-16-11(17-19-14)6-8-4-5-18-7-8/h8H,1-7,15H2. The predicted molar refractivity (Wildman–Crippen MR) is 76.7 cm³/mol. The highest BCUT2D eigenvalue weighted by Crippen LogP contribution is 2.42. The number of aromatic nitrogens is 2. The van der Waals surface area contributed by atoms with Crippen molar-refractivity contribution in [1.29, 1.82) is 0 Å². The second-order valence-corrected chi connectivity index (χ2v) is 6.68. The van der Waals surface area contributed by atoms with E-state index in [9.17, 15) is 0 Å². The molecular weight excluding hydrogens is 274 g/mol. The molecule has 1 saturated heterocycles. The van der Waals surface area contributed by atoms with E-state index in [1.165, 1.54) is 16.9 Å². The summed E-state index contributed by atoms with van der Waals surface area (Å²) in [5.74, 6) is 1.88. The number of anilines is 1. The van der Waals surface area contributed by atoms with Gasteiger partial charge in [0.05, 0.1) is 10.6 Å². The SMILES string of the molecule is Nc1sc2c(c1-c1nc(CC3CCOC3)no1)CCC2. The van der Waals surface area contributed by atoms with E-state index in [4.69, 9.17) is 15.0 Å². The molecule has 2 aromatic heterocycles. The Morgan fingerprint density at radius 2 is 2.30 bits per heavy atom. The first-order valence-corrected chi connectivity index (χ1v) is 7.93. The quantitative estimate of drug-likeness (QED) is 0.940. The van der Waals surface area contributed by atoms with Crippen molar-refractivity contribution < 1.29 is 9.26 Å². The summed E-state index contributed by atoms with van der Waals surface area (Å²) in [5, 5.41) is 4.92. The third-order valence-electron chi connectivity index (χ3n) is 4.13. The first kappa shape index (κ1) is 12.3. The lowest BCUT2D eigenvalue weighted by atomic mass is 10.1. The maximum Gasteiger partial charge on any atom is 0.261 e. The Labute approximate surface area is 121 Å². The van der Waals surface area contributed by atoms with E-state index in [2.05, 4.69) is 10.1 Å². The summed E-state index contributed by atoms with van der Waals surface area (Å²) in [6.07, 6.45) is 5.32. The number of thiophene rings is 1. The van der Waals surface area contributed by atoms with Crippen LogP contribution in [0.25, 0.3) is 11.5 Å². The molecule has 0 saturated carbocycles. The molecule has 106 valence electrons. The molecule has 0 radical (unpaired) electrons. The van der Waals surface area contributed by atoms with Gasteiger partial charge in [-0.3, -0.25) is 0 Å². The average Bonchev–Trinajstić information content (AvgIpc) is 3.14. The minimum Gasteiger partial charge on any atom is -0.390 e. The highest BCUT2D eigenvalue weighted by molar-refractivity contribution is 7.16. The lowest BCUT2D eigenvalue weighted by Gasteiger charge is -2.01. The van der Waals surface area contributed by atoms with Crippen molar-refractivity contribution in [3.8, 4) is 11.5 Å². The fourth-order valence-electron chi connectivity index (χ4n) is 3.10. The summed E-state index contributed by atoms with van der Waals surface area (Å²) in [4.78, 5) is 5.94. The summed E-state index contributed by atoms with van der Waals surface area (Å²) in [6.45, 7) is 1.65. The Morgan fingerprint density at radius 1 is 1.35 bits per heavy atom. The van der Waals surface area contributed by atoms with E-state index in [0.29, 0.717) is 11.8 Å². The second-order valence-electron chi connectivity index (χ2n) is 5.55. The molecule has 4 rings (SSSR count). The van der Waals surface area contributed by atoms with Crippen molar-refractivity contribution in [2.45, 2.75) is 32.1 Å². The first-order chi connectivity index (χ1) is 9.81. The molecule has 0 aromatic carbocycles. The Hall–Kier alpha value is -1.40. The van der Waals surface area contributed by atoms with Gasteiger partial charge in [-0.15, -0.1) is 11.3 Å². The molecule has 2 aliphatic rings. The number of rotatable bonds is 3. The zero-order chi connectivity index (χ0) is 13.5. The number of nitrogens with two attached hydrogens (primary N) is 1. The van der Waals surface area contributed by atoms with Crippen LogP contribution in [0.3, 0.4) is 0 Å². The maximum absolute atomic E-state index is 6.13. The minimum absolute atomic E-state index is 0.519. The van der Waals surface area contributed by atoms with Crippen molar-refractivity contribution in [3.63, 3.8) is 0 Å². The Bertz CT molecular complexity index is 628. The molecule has 0 spiro atoms. The highest BCUT2D eigenvalue weighted by atomic mass is 32.1. The normalized spacial score (nSPS) is 21.5. The highest BCUT2D eigenvalue weighted by Gasteiger charge is 2.26. The molecule has 6 heteroatoms. The van der Waals surface area contributed by atoms with E-state index in [1.807, 2.05) is 0 Å². The molecule has 2 aromatic rings. The second kappa shape index (κ2) is 4.86. The number of hydrogen-bond donors (Lipinski definition) is 1. The van der Waals surface area contributed by atoms with Crippen molar-refractivity contribution in [3.05, 3.63) is 16.3 Å². The number of fused-ring (bicyclic) bond motifs is 1. The van der Waals surface area contributed by atoms with E-state index in [-0.39, 0.29) is 0 Å². The van der Waals surface area contributed by atoms with Gasteiger partial charge in [-0.1, -0.05) is 5.16 Å². The molecule has 2 N–H and O–H groups in total. The van der Waals surface area contributed by atoms with Crippen LogP contribution in [-0.2, 0) is 24.0 Å². The summed E-state index contributed by atoms with van der Waals surface area (Å²) < 4.78 is 10.8. The average molecular weight is 291 g/mol. The van der Waals surface area contributed by atoms with Crippen molar-refractivity contribution in [2.24, 2.45) is 5.92 Å². The number of ether oxygens (including phenoxy) is 1. The largest absolute Gasteiger partial charge is 0.390 e. The molecule has 20 heavy (non-hydrogen) atoms. The number of hydrogen-bond acceptors (Lipinski definition) is 6. The molecule has 1 aliphatic carbocycles. The number of nitrogen functional groups attached to an aromatic ring is 1. The van der Waals surface area contributed by atoms with Gasteiger partial charge in [-0.25, -0.2) is 0 Å². The van der Waals surface area contributed by atoms with Gasteiger partial charge in [-0.2, -0.15) is 4.98 Å². The summed E-state index contributed by atoms with van der Waals surface area (Å²) in [7, 11) is 0. The van der Waals surface area contributed by atoms with Crippen molar-refractivity contribution in [1.82, 2.24) is 10.1 Å². The van der Waals surface area contributed by atoms with Crippen LogP contribution in [0.4, 0.5) is 5.00 Å². The number of nitrogens with zero attached hydrogens (tertiary/aromatic N) is 2. The van der Waals surface area contributed by atoms with Gasteiger partial charge in [0.15, 0.2) is 5.82 Å². The molecule has 0 amide bonds. The molecule has 1 unspecified atom stereocenters. The van der Waals surface area contributed by atoms with Crippen LogP contribution < -0.4 is 5.73 Å². The van der Waals surface area contributed by atoms with Gasteiger partial charge in [0.1, 0.15) is 0 Å².